The van der Waals surface area contributed by atoms with Crippen LogP contribution >= 0.6 is 11.3 Å². The van der Waals surface area contributed by atoms with Crippen molar-refractivity contribution < 1.29 is 4.79 Å². The van der Waals surface area contributed by atoms with Crippen LogP contribution in [0.2, 0.25) is 0 Å². The molecule has 1 fully saturated rings. The highest BCUT2D eigenvalue weighted by Crippen LogP contribution is 2.47. The molecule has 0 radical (unpaired) electrons. The standard InChI is InChI=1S/C9H11NOS/c1-6-8(10-7(2)12-6)9(5-11)3-4-9/h5H,3-4H2,1-2H3. The van der Waals surface area contributed by atoms with E-state index in [9.17, 15) is 4.79 Å². The second-order valence-electron chi connectivity index (χ2n) is 3.41. The average molecular weight is 181 g/mol. The minimum atomic E-state index is -0.186. The molecule has 0 aromatic carbocycles. The topological polar surface area (TPSA) is 30.0 Å². The van der Waals surface area contributed by atoms with Gasteiger partial charge in [-0.25, -0.2) is 4.98 Å². The average Bonchev–Trinajstić information content (AvgIpc) is 2.74. The molecule has 12 heavy (non-hydrogen) atoms. The summed E-state index contributed by atoms with van der Waals surface area (Å²) in [5, 5.41) is 1.07. The predicted molar refractivity (Wildman–Crippen MR) is 48.6 cm³/mol. The quantitative estimate of drug-likeness (QED) is 0.653. The first-order valence-corrected chi connectivity index (χ1v) is 4.90. The zero-order valence-electron chi connectivity index (χ0n) is 7.26. The van der Waals surface area contributed by atoms with E-state index in [0.717, 1.165) is 29.8 Å². The summed E-state index contributed by atoms with van der Waals surface area (Å²) in [6.07, 6.45) is 3.04. The number of nitrogens with zero attached hydrogens (tertiary/aromatic N) is 1. The molecule has 0 amide bonds. The number of aldehydes is 1. The van der Waals surface area contributed by atoms with Crippen LogP contribution < -0.4 is 0 Å². The summed E-state index contributed by atoms with van der Waals surface area (Å²) in [4.78, 5) is 16.4. The van der Waals surface area contributed by atoms with Crippen LogP contribution in [0.25, 0.3) is 0 Å². The Hall–Kier alpha value is -0.700. The molecule has 0 bridgehead atoms. The predicted octanol–water partition coefficient (Wildman–Crippen LogP) is 1.99. The number of aromatic nitrogens is 1. The van der Waals surface area contributed by atoms with Crippen molar-refractivity contribution >= 4 is 17.6 Å². The second-order valence-corrected chi connectivity index (χ2v) is 4.82. The van der Waals surface area contributed by atoms with Crippen LogP contribution in [-0.2, 0) is 10.2 Å². The maximum atomic E-state index is 10.8. The first-order chi connectivity index (χ1) is 5.68. The van der Waals surface area contributed by atoms with Crippen molar-refractivity contribution in [1.82, 2.24) is 4.98 Å². The number of thiazole rings is 1. The van der Waals surface area contributed by atoms with E-state index in [1.807, 2.05) is 13.8 Å². The van der Waals surface area contributed by atoms with E-state index in [1.54, 1.807) is 11.3 Å². The van der Waals surface area contributed by atoms with Gasteiger partial charge in [0.1, 0.15) is 6.29 Å². The highest BCUT2D eigenvalue weighted by Gasteiger charge is 2.47. The monoisotopic (exact) mass is 181 g/mol. The van der Waals surface area contributed by atoms with E-state index >= 15 is 0 Å². The third kappa shape index (κ3) is 1.00. The molecule has 0 atom stereocenters. The molecule has 1 heterocycles. The van der Waals surface area contributed by atoms with Crippen LogP contribution in [-0.4, -0.2) is 11.3 Å². The number of hydrogen-bond acceptors (Lipinski definition) is 3. The Labute approximate surface area is 75.6 Å². The lowest BCUT2D eigenvalue weighted by molar-refractivity contribution is -0.109. The fourth-order valence-corrected chi connectivity index (χ4v) is 2.46. The zero-order valence-corrected chi connectivity index (χ0v) is 8.07. The first-order valence-electron chi connectivity index (χ1n) is 4.09. The Morgan fingerprint density at radius 3 is 2.50 bits per heavy atom. The van der Waals surface area contributed by atoms with E-state index < -0.39 is 0 Å². The maximum Gasteiger partial charge on any atom is 0.132 e. The van der Waals surface area contributed by atoms with Gasteiger partial charge in [-0.2, -0.15) is 0 Å². The van der Waals surface area contributed by atoms with Crippen molar-refractivity contribution in [3.63, 3.8) is 0 Å². The molecule has 1 aromatic rings. The minimum absolute atomic E-state index is 0.186. The summed E-state index contributed by atoms with van der Waals surface area (Å²) in [6, 6.07) is 0. The van der Waals surface area contributed by atoms with Gasteiger partial charge >= 0.3 is 0 Å². The van der Waals surface area contributed by atoms with Gasteiger partial charge in [0.25, 0.3) is 0 Å². The summed E-state index contributed by atoms with van der Waals surface area (Å²) in [5.74, 6) is 0. The van der Waals surface area contributed by atoms with E-state index in [4.69, 9.17) is 0 Å². The lowest BCUT2D eigenvalue weighted by Gasteiger charge is -2.02. The van der Waals surface area contributed by atoms with Crippen molar-refractivity contribution in [2.75, 3.05) is 0 Å². The smallest absolute Gasteiger partial charge is 0.132 e. The van der Waals surface area contributed by atoms with Crippen LogP contribution in [0.4, 0.5) is 0 Å². The summed E-state index contributed by atoms with van der Waals surface area (Å²) in [7, 11) is 0. The summed E-state index contributed by atoms with van der Waals surface area (Å²) in [5.41, 5.74) is 0.842. The maximum absolute atomic E-state index is 10.8. The van der Waals surface area contributed by atoms with Gasteiger partial charge in [-0.1, -0.05) is 0 Å². The Balaban J connectivity index is 2.45. The summed E-state index contributed by atoms with van der Waals surface area (Å²) >= 11 is 1.68. The molecule has 1 aromatic heterocycles. The SMILES string of the molecule is Cc1nc(C2(C=O)CC2)c(C)s1. The number of carbonyl (C=O) groups excluding carboxylic acids is 1. The molecule has 0 spiro atoms. The van der Waals surface area contributed by atoms with Gasteiger partial charge in [0.05, 0.1) is 16.1 Å². The molecule has 0 aliphatic heterocycles. The van der Waals surface area contributed by atoms with Gasteiger partial charge in [0.2, 0.25) is 0 Å². The summed E-state index contributed by atoms with van der Waals surface area (Å²) in [6.45, 7) is 4.03. The highest BCUT2D eigenvalue weighted by molar-refractivity contribution is 7.11. The second kappa shape index (κ2) is 2.39. The van der Waals surface area contributed by atoms with E-state index in [-0.39, 0.29) is 5.41 Å². The van der Waals surface area contributed by atoms with Crippen molar-refractivity contribution in [2.45, 2.75) is 32.1 Å². The minimum Gasteiger partial charge on any atom is -0.302 e. The number of aryl methyl sites for hydroxylation is 2. The van der Waals surface area contributed by atoms with Crippen molar-refractivity contribution in [1.29, 1.82) is 0 Å². The molecule has 0 unspecified atom stereocenters. The molecule has 1 aliphatic carbocycles. The fourth-order valence-electron chi connectivity index (χ4n) is 1.54. The van der Waals surface area contributed by atoms with Crippen LogP contribution in [0.3, 0.4) is 0 Å². The molecular weight excluding hydrogens is 170 g/mol. The van der Waals surface area contributed by atoms with E-state index in [2.05, 4.69) is 4.98 Å². The number of carbonyl (C=O) groups is 1. The molecule has 0 saturated heterocycles. The zero-order chi connectivity index (χ0) is 8.77. The third-order valence-electron chi connectivity index (χ3n) is 2.39. The fraction of sp³-hybridized carbons (Fsp3) is 0.556. The van der Waals surface area contributed by atoms with Gasteiger partial charge in [-0.3, -0.25) is 0 Å². The van der Waals surface area contributed by atoms with Crippen LogP contribution in [0, 0.1) is 13.8 Å². The Morgan fingerprint density at radius 2 is 2.17 bits per heavy atom. The lowest BCUT2D eigenvalue weighted by atomic mass is 10.0. The Morgan fingerprint density at radius 1 is 1.50 bits per heavy atom. The molecule has 1 aliphatic rings. The molecule has 64 valence electrons. The van der Waals surface area contributed by atoms with Gasteiger partial charge in [0.15, 0.2) is 0 Å². The highest BCUT2D eigenvalue weighted by atomic mass is 32.1. The van der Waals surface area contributed by atoms with Crippen molar-refractivity contribution in [2.24, 2.45) is 0 Å². The van der Waals surface area contributed by atoms with Crippen LogP contribution in [0.5, 0.6) is 0 Å². The van der Waals surface area contributed by atoms with Crippen LogP contribution in [0.15, 0.2) is 0 Å². The molecular formula is C9H11NOS. The number of rotatable bonds is 2. The largest absolute Gasteiger partial charge is 0.302 e. The van der Waals surface area contributed by atoms with Gasteiger partial charge in [-0.15, -0.1) is 11.3 Å². The lowest BCUT2D eigenvalue weighted by Crippen LogP contribution is -2.09. The molecule has 3 heteroatoms. The van der Waals surface area contributed by atoms with E-state index in [0.29, 0.717) is 0 Å². The van der Waals surface area contributed by atoms with Gasteiger partial charge in [-0.05, 0) is 26.7 Å². The normalized spacial score (nSPS) is 19.2. The Bertz CT molecular complexity index is 325. The van der Waals surface area contributed by atoms with Crippen LogP contribution in [0.1, 0.15) is 28.4 Å². The third-order valence-corrected chi connectivity index (χ3v) is 3.28. The number of hydrogen-bond donors (Lipinski definition) is 0. The Kier molecular flexibility index (Phi) is 1.58. The molecule has 2 nitrogen and oxygen atoms in total. The molecule has 1 saturated carbocycles. The van der Waals surface area contributed by atoms with E-state index in [1.165, 1.54) is 4.88 Å². The van der Waals surface area contributed by atoms with Crippen molar-refractivity contribution in [3.05, 3.63) is 15.6 Å². The van der Waals surface area contributed by atoms with Crippen molar-refractivity contribution in [3.8, 4) is 0 Å². The first kappa shape index (κ1) is 7.92. The molecule has 0 N–H and O–H groups in total. The van der Waals surface area contributed by atoms with Gasteiger partial charge in [0, 0.05) is 4.88 Å². The molecule has 2 rings (SSSR count). The summed E-state index contributed by atoms with van der Waals surface area (Å²) < 4.78 is 0. The van der Waals surface area contributed by atoms with Gasteiger partial charge < -0.3 is 4.79 Å².